The van der Waals surface area contributed by atoms with Crippen LogP contribution in [0.3, 0.4) is 0 Å². The van der Waals surface area contributed by atoms with E-state index in [-0.39, 0.29) is 13.2 Å². The van der Waals surface area contributed by atoms with Crippen LogP contribution < -0.4 is 9.46 Å². The maximum atomic E-state index is 14.0. The van der Waals surface area contributed by atoms with Crippen LogP contribution in [-0.4, -0.2) is 66.8 Å². The number of methoxy groups -OCH3 is 1. The number of amides is 1. The molecule has 1 aliphatic rings. The van der Waals surface area contributed by atoms with E-state index in [1.165, 1.54) is 25.3 Å². The molecule has 0 radical (unpaired) electrons. The molecule has 0 saturated carbocycles. The zero-order valence-corrected chi connectivity index (χ0v) is 19.2. The van der Waals surface area contributed by atoms with Crippen molar-refractivity contribution in [3.63, 3.8) is 0 Å². The molecule has 180 valence electrons. The number of pyridine rings is 1. The summed E-state index contributed by atoms with van der Waals surface area (Å²) in [6, 6.07) is 6.83. The number of fused-ring (bicyclic) bond motifs is 1. The van der Waals surface area contributed by atoms with E-state index in [9.17, 15) is 22.7 Å². The number of carbonyl (C=O) groups excluding carboxylic acids is 1. The molecule has 1 aliphatic heterocycles. The highest BCUT2D eigenvalue weighted by Gasteiger charge is 2.36. The maximum absolute atomic E-state index is 14.0. The number of benzene rings is 1. The number of nitrogens with zero attached hydrogens (tertiary/aromatic N) is 2. The van der Waals surface area contributed by atoms with E-state index < -0.39 is 34.8 Å². The minimum atomic E-state index is -4.27. The largest absolute Gasteiger partial charge is 0.496 e. The Bertz CT molecular complexity index is 1370. The normalized spacial score (nSPS) is 16.5. The molecule has 0 aliphatic carbocycles. The van der Waals surface area contributed by atoms with Crippen molar-refractivity contribution in [2.45, 2.75) is 13.0 Å². The summed E-state index contributed by atoms with van der Waals surface area (Å²) in [5.74, 6) is 0.0649. The van der Waals surface area contributed by atoms with Crippen molar-refractivity contribution >= 4 is 32.9 Å². The van der Waals surface area contributed by atoms with Crippen molar-refractivity contribution in [1.29, 1.82) is 0 Å². The molecule has 12 heteroatoms. The van der Waals surface area contributed by atoms with Crippen molar-refractivity contribution in [2.75, 3.05) is 26.9 Å². The minimum Gasteiger partial charge on any atom is -0.496 e. The molecule has 0 spiro atoms. The van der Waals surface area contributed by atoms with Crippen molar-refractivity contribution in [3.05, 3.63) is 54.1 Å². The Hall–Kier alpha value is -3.48. The molecule has 4 rings (SSSR count). The van der Waals surface area contributed by atoms with E-state index in [0.29, 0.717) is 39.2 Å². The average Bonchev–Trinajstić information content (AvgIpc) is 3.43. The minimum absolute atomic E-state index is 0.00871. The van der Waals surface area contributed by atoms with Crippen LogP contribution in [0.15, 0.2) is 42.6 Å². The van der Waals surface area contributed by atoms with Crippen LogP contribution in [0.25, 0.3) is 27.7 Å². The van der Waals surface area contributed by atoms with Gasteiger partial charge in [0.2, 0.25) is 0 Å². The SMILES string of the molecule is CCOC(=O)NS(=O)(=O)N1CC(c2cc3c(-c4cc(F)ccc4OC)ccnc3[nH]2)=C[C@H]1CO. The first-order valence-electron chi connectivity index (χ1n) is 10.4. The number of nitrogens with one attached hydrogen (secondary N) is 2. The summed E-state index contributed by atoms with van der Waals surface area (Å²) in [7, 11) is -2.77. The summed E-state index contributed by atoms with van der Waals surface area (Å²) in [4.78, 5) is 19.1. The van der Waals surface area contributed by atoms with Gasteiger partial charge in [-0.3, -0.25) is 0 Å². The highest BCUT2D eigenvalue weighted by Crippen LogP contribution is 2.37. The second kappa shape index (κ2) is 9.41. The van der Waals surface area contributed by atoms with Gasteiger partial charge in [0.05, 0.1) is 26.4 Å². The van der Waals surface area contributed by atoms with E-state index >= 15 is 0 Å². The van der Waals surface area contributed by atoms with Crippen LogP contribution in [0, 0.1) is 5.82 Å². The zero-order valence-electron chi connectivity index (χ0n) is 18.4. The molecule has 0 bridgehead atoms. The lowest BCUT2D eigenvalue weighted by Crippen LogP contribution is -2.47. The number of ether oxygens (including phenoxy) is 2. The number of halogens is 1. The Morgan fingerprint density at radius 3 is 2.82 bits per heavy atom. The topological polar surface area (TPSA) is 134 Å². The van der Waals surface area contributed by atoms with Gasteiger partial charge in [-0.2, -0.15) is 12.7 Å². The average molecular weight is 491 g/mol. The van der Waals surface area contributed by atoms with Crippen LogP contribution in [0.2, 0.25) is 0 Å². The highest BCUT2D eigenvalue weighted by atomic mass is 32.2. The second-order valence-electron chi connectivity index (χ2n) is 7.46. The third-order valence-corrected chi connectivity index (χ3v) is 6.84. The molecule has 0 fully saturated rings. The summed E-state index contributed by atoms with van der Waals surface area (Å²) >= 11 is 0. The first kappa shape index (κ1) is 23.7. The van der Waals surface area contributed by atoms with Crippen molar-refractivity contribution in [3.8, 4) is 16.9 Å². The van der Waals surface area contributed by atoms with E-state index in [0.717, 1.165) is 4.31 Å². The van der Waals surface area contributed by atoms with Gasteiger partial charge in [0.25, 0.3) is 0 Å². The number of hydrogen-bond donors (Lipinski definition) is 3. The number of aromatic amines is 1. The fraction of sp³-hybridized carbons (Fsp3) is 0.273. The number of aliphatic hydroxyl groups excluding tert-OH is 1. The maximum Gasteiger partial charge on any atom is 0.421 e. The number of rotatable bonds is 7. The molecule has 3 heterocycles. The van der Waals surface area contributed by atoms with Gasteiger partial charge in [0.1, 0.15) is 17.2 Å². The molecule has 0 saturated heterocycles. The Labute approximate surface area is 195 Å². The summed E-state index contributed by atoms with van der Waals surface area (Å²) in [5.41, 5.74) is 2.86. The van der Waals surface area contributed by atoms with Crippen molar-refractivity contribution < 1.29 is 32.2 Å². The van der Waals surface area contributed by atoms with Gasteiger partial charge in [0.15, 0.2) is 0 Å². The van der Waals surface area contributed by atoms with Gasteiger partial charge in [-0.15, -0.1) is 0 Å². The fourth-order valence-electron chi connectivity index (χ4n) is 3.89. The van der Waals surface area contributed by atoms with Crippen molar-refractivity contribution in [1.82, 2.24) is 19.0 Å². The quantitative estimate of drug-likeness (QED) is 0.463. The smallest absolute Gasteiger partial charge is 0.421 e. The zero-order chi connectivity index (χ0) is 24.5. The van der Waals surface area contributed by atoms with Crippen LogP contribution in [-0.2, 0) is 14.9 Å². The molecule has 2 aromatic heterocycles. The molecular weight excluding hydrogens is 467 g/mol. The third kappa shape index (κ3) is 4.47. The lowest BCUT2D eigenvalue weighted by Gasteiger charge is -2.22. The second-order valence-corrected chi connectivity index (χ2v) is 9.09. The molecule has 10 nitrogen and oxygen atoms in total. The lowest BCUT2D eigenvalue weighted by molar-refractivity contribution is 0.157. The summed E-state index contributed by atoms with van der Waals surface area (Å²) in [5, 5.41) is 10.4. The molecule has 3 N–H and O–H groups in total. The molecule has 34 heavy (non-hydrogen) atoms. The van der Waals surface area contributed by atoms with E-state index in [2.05, 4.69) is 14.7 Å². The lowest BCUT2D eigenvalue weighted by atomic mass is 10.0. The van der Waals surface area contributed by atoms with Gasteiger partial charge in [0, 0.05) is 29.4 Å². The number of hydrogen-bond acceptors (Lipinski definition) is 7. The molecule has 1 aromatic carbocycles. The van der Waals surface area contributed by atoms with Crippen LogP contribution >= 0.6 is 0 Å². The fourth-order valence-corrected chi connectivity index (χ4v) is 5.06. The van der Waals surface area contributed by atoms with E-state index in [1.54, 1.807) is 31.3 Å². The molecule has 0 unspecified atom stereocenters. The van der Waals surface area contributed by atoms with Gasteiger partial charge < -0.3 is 19.6 Å². The Morgan fingerprint density at radius 1 is 1.32 bits per heavy atom. The molecular formula is C22H23FN4O6S. The summed E-state index contributed by atoms with van der Waals surface area (Å²) in [6.07, 6.45) is 2.07. The van der Waals surface area contributed by atoms with E-state index in [4.69, 9.17) is 4.74 Å². The first-order valence-corrected chi connectivity index (χ1v) is 11.8. The predicted octanol–water partition coefficient (Wildman–Crippen LogP) is 2.43. The Balaban J connectivity index is 1.70. The van der Waals surface area contributed by atoms with Crippen LogP contribution in [0.1, 0.15) is 12.6 Å². The summed E-state index contributed by atoms with van der Waals surface area (Å²) in [6.45, 7) is 0.966. The van der Waals surface area contributed by atoms with Crippen LogP contribution in [0.4, 0.5) is 9.18 Å². The number of aromatic nitrogens is 2. The highest BCUT2D eigenvalue weighted by molar-refractivity contribution is 7.87. The van der Waals surface area contributed by atoms with Crippen LogP contribution in [0.5, 0.6) is 5.75 Å². The van der Waals surface area contributed by atoms with E-state index in [1.807, 2.05) is 4.72 Å². The number of H-pyrrole nitrogens is 1. The first-order chi connectivity index (χ1) is 16.3. The monoisotopic (exact) mass is 490 g/mol. The van der Waals surface area contributed by atoms with Gasteiger partial charge in [-0.05, 0) is 48.4 Å². The third-order valence-electron chi connectivity index (χ3n) is 5.40. The number of aliphatic hydroxyl groups is 1. The summed E-state index contributed by atoms with van der Waals surface area (Å²) < 4.78 is 52.2. The van der Waals surface area contributed by atoms with Gasteiger partial charge in [-0.1, -0.05) is 6.08 Å². The molecule has 1 atom stereocenters. The molecule has 3 aromatic rings. The number of carbonyl (C=O) groups is 1. The molecule has 1 amide bonds. The predicted molar refractivity (Wildman–Crippen MR) is 123 cm³/mol. The standard InChI is InChI=1S/C22H23FN4O6S/c1-3-33-22(29)26-34(30,31)27-11-13(8-15(27)12-28)19-10-18-16(6-7-24-21(18)25-19)17-9-14(23)4-5-20(17)32-2/h4-10,15,28H,3,11-12H2,1-2H3,(H,24,25)(H,26,29)/t15-/m0/s1. The van der Waals surface area contributed by atoms with Gasteiger partial charge in [-0.25, -0.2) is 18.9 Å². The van der Waals surface area contributed by atoms with Crippen molar-refractivity contribution in [2.24, 2.45) is 0 Å². The van der Waals surface area contributed by atoms with Gasteiger partial charge >= 0.3 is 16.3 Å². The Kier molecular flexibility index (Phi) is 6.55. The Morgan fingerprint density at radius 2 is 2.12 bits per heavy atom.